The summed E-state index contributed by atoms with van der Waals surface area (Å²) >= 11 is 0. The Balaban J connectivity index is 2.09. The summed E-state index contributed by atoms with van der Waals surface area (Å²) in [6.07, 6.45) is 4.53. The zero-order valence-corrected chi connectivity index (χ0v) is 12.4. The molecule has 1 aromatic heterocycles. The molecular weight excluding hydrogens is 254 g/mol. The third-order valence-electron chi connectivity index (χ3n) is 4.11. The van der Waals surface area contributed by atoms with Crippen molar-refractivity contribution < 1.29 is 4.79 Å². The molecule has 0 saturated heterocycles. The standard InChI is InChI=1S/C15H23N3O2/c1-15(2,3)10-6-4-5-7-11(10)16-14(20)12-8-9-13(19)18-17-12/h8-11H,4-7H2,1-3H3,(H,16,20)(H,18,19). The van der Waals surface area contributed by atoms with Crippen molar-refractivity contribution in [2.24, 2.45) is 11.3 Å². The third kappa shape index (κ3) is 3.46. The van der Waals surface area contributed by atoms with Gasteiger partial charge in [-0.1, -0.05) is 33.6 Å². The fourth-order valence-corrected chi connectivity index (χ4v) is 3.05. The molecule has 2 N–H and O–H groups in total. The van der Waals surface area contributed by atoms with Crippen molar-refractivity contribution in [3.63, 3.8) is 0 Å². The van der Waals surface area contributed by atoms with E-state index in [1.807, 2.05) is 0 Å². The second-order valence-electron chi connectivity index (χ2n) is 6.64. The Morgan fingerprint density at radius 3 is 2.60 bits per heavy atom. The van der Waals surface area contributed by atoms with E-state index >= 15 is 0 Å². The minimum atomic E-state index is -0.299. The van der Waals surface area contributed by atoms with Gasteiger partial charge < -0.3 is 5.32 Å². The van der Waals surface area contributed by atoms with Crippen LogP contribution in [-0.2, 0) is 0 Å². The van der Waals surface area contributed by atoms with Crippen LogP contribution in [0.2, 0.25) is 0 Å². The minimum Gasteiger partial charge on any atom is -0.348 e. The lowest BCUT2D eigenvalue weighted by atomic mass is 9.69. The van der Waals surface area contributed by atoms with E-state index in [1.165, 1.54) is 18.6 Å². The molecule has 0 bridgehead atoms. The summed E-state index contributed by atoms with van der Waals surface area (Å²) in [5.41, 5.74) is 0.145. The average molecular weight is 277 g/mol. The third-order valence-corrected chi connectivity index (χ3v) is 4.11. The van der Waals surface area contributed by atoms with Gasteiger partial charge in [0.1, 0.15) is 5.69 Å². The highest BCUT2D eigenvalue weighted by molar-refractivity contribution is 5.92. The highest BCUT2D eigenvalue weighted by Crippen LogP contribution is 2.38. The zero-order valence-electron chi connectivity index (χ0n) is 12.4. The first-order valence-electron chi connectivity index (χ1n) is 7.24. The highest BCUT2D eigenvalue weighted by Gasteiger charge is 2.35. The lowest BCUT2D eigenvalue weighted by Gasteiger charge is -2.40. The summed E-state index contributed by atoms with van der Waals surface area (Å²) in [4.78, 5) is 23.2. The SMILES string of the molecule is CC(C)(C)C1CCCCC1NC(=O)c1ccc(=O)[nH]n1. The first-order valence-corrected chi connectivity index (χ1v) is 7.24. The van der Waals surface area contributed by atoms with Gasteiger partial charge in [0.15, 0.2) is 0 Å². The van der Waals surface area contributed by atoms with Crippen molar-refractivity contribution >= 4 is 5.91 Å². The van der Waals surface area contributed by atoms with Crippen LogP contribution in [-0.4, -0.2) is 22.1 Å². The van der Waals surface area contributed by atoms with Crippen molar-refractivity contribution in [2.45, 2.75) is 52.5 Å². The summed E-state index contributed by atoms with van der Waals surface area (Å²) in [5, 5.41) is 9.16. The van der Waals surface area contributed by atoms with Crippen molar-refractivity contribution in [1.29, 1.82) is 0 Å². The number of nitrogens with zero attached hydrogens (tertiary/aromatic N) is 1. The Morgan fingerprint density at radius 1 is 1.30 bits per heavy atom. The van der Waals surface area contributed by atoms with Crippen LogP contribution in [0.3, 0.4) is 0 Å². The summed E-state index contributed by atoms with van der Waals surface area (Å²) < 4.78 is 0. The van der Waals surface area contributed by atoms with Crippen LogP contribution in [0.4, 0.5) is 0 Å². The number of carbonyl (C=O) groups excluding carboxylic acids is 1. The molecule has 0 aliphatic heterocycles. The molecule has 2 unspecified atom stereocenters. The maximum atomic E-state index is 12.2. The predicted octanol–water partition coefficient (Wildman–Crippen LogP) is 2.10. The van der Waals surface area contributed by atoms with Gasteiger partial charge in [-0.15, -0.1) is 0 Å². The van der Waals surface area contributed by atoms with Gasteiger partial charge in [0.25, 0.3) is 11.5 Å². The monoisotopic (exact) mass is 277 g/mol. The molecule has 5 nitrogen and oxygen atoms in total. The molecule has 1 heterocycles. The number of hydrogen-bond donors (Lipinski definition) is 2. The number of carbonyl (C=O) groups is 1. The first kappa shape index (κ1) is 14.8. The van der Waals surface area contributed by atoms with Crippen LogP contribution in [0, 0.1) is 11.3 Å². The van der Waals surface area contributed by atoms with Crippen LogP contribution in [0.1, 0.15) is 56.9 Å². The van der Waals surface area contributed by atoms with Crippen LogP contribution in [0.15, 0.2) is 16.9 Å². The van der Waals surface area contributed by atoms with Crippen molar-refractivity contribution in [3.8, 4) is 0 Å². The van der Waals surface area contributed by atoms with Crippen LogP contribution in [0.25, 0.3) is 0 Å². The molecular formula is C15H23N3O2. The van der Waals surface area contributed by atoms with Crippen molar-refractivity contribution in [3.05, 3.63) is 28.2 Å². The molecule has 1 aliphatic carbocycles. The van der Waals surface area contributed by atoms with Crippen LogP contribution < -0.4 is 10.9 Å². The summed E-state index contributed by atoms with van der Waals surface area (Å²) in [7, 11) is 0. The molecule has 2 atom stereocenters. The molecule has 0 radical (unpaired) electrons. The highest BCUT2D eigenvalue weighted by atomic mass is 16.2. The summed E-state index contributed by atoms with van der Waals surface area (Å²) in [6.45, 7) is 6.67. The van der Waals surface area contributed by atoms with E-state index in [9.17, 15) is 9.59 Å². The molecule has 20 heavy (non-hydrogen) atoms. The van der Waals surface area contributed by atoms with Crippen molar-refractivity contribution in [1.82, 2.24) is 15.5 Å². The largest absolute Gasteiger partial charge is 0.348 e. The van der Waals surface area contributed by atoms with Gasteiger partial charge in [-0.05, 0) is 30.2 Å². The first-order chi connectivity index (χ1) is 9.38. The van der Waals surface area contributed by atoms with Crippen LogP contribution in [0.5, 0.6) is 0 Å². The maximum Gasteiger partial charge on any atom is 0.271 e. The van der Waals surface area contributed by atoms with Gasteiger partial charge in [0.2, 0.25) is 0 Å². The molecule has 2 rings (SSSR count). The number of aromatic amines is 1. The molecule has 110 valence electrons. The molecule has 1 amide bonds. The summed E-state index contributed by atoms with van der Waals surface area (Å²) in [5.74, 6) is 0.269. The zero-order chi connectivity index (χ0) is 14.8. The van der Waals surface area contributed by atoms with E-state index in [0.29, 0.717) is 5.92 Å². The number of rotatable bonds is 2. The van der Waals surface area contributed by atoms with Crippen LogP contribution >= 0.6 is 0 Å². The fourth-order valence-electron chi connectivity index (χ4n) is 3.05. The second-order valence-corrected chi connectivity index (χ2v) is 6.64. The smallest absolute Gasteiger partial charge is 0.271 e. The van der Waals surface area contributed by atoms with E-state index < -0.39 is 0 Å². The molecule has 1 fully saturated rings. The number of nitrogens with one attached hydrogen (secondary N) is 2. The fraction of sp³-hybridized carbons (Fsp3) is 0.667. The predicted molar refractivity (Wildman–Crippen MR) is 77.5 cm³/mol. The van der Waals surface area contributed by atoms with E-state index in [0.717, 1.165) is 19.3 Å². The van der Waals surface area contributed by atoms with Gasteiger partial charge in [0.05, 0.1) is 0 Å². The minimum absolute atomic E-state index is 0.177. The Hall–Kier alpha value is -1.65. The molecule has 5 heteroatoms. The van der Waals surface area contributed by atoms with E-state index in [2.05, 4.69) is 36.3 Å². The number of aromatic nitrogens is 2. The van der Waals surface area contributed by atoms with Gasteiger partial charge in [-0.3, -0.25) is 9.59 Å². The number of H-pyrrole nitrogens is 1. The van der Waals surface area contributed by atoms with Gasteiger partial charge in [0, 0.05) is 12.1 Å². The van der Waals surface area contributed by atoms with Gasteiger partial charge in [-0.25, -0.2) is 5.10 Å². The molecule has 1 aromatic rings. The Kier molecular flexibility index (Phi) is 4.26. The topological polar surface area (TPSA) is 74.8 Å². The Bertz CT molecular complexity index is 510. The normalized spacial score (nSPS) is 23.4. The quantitative estimate of drug-likeness (QED) is 0.869. The van der Waals surface area contributed by atoms with E-state index in [1.54, 1.807) is 0 Å². The molecule has 1 aliphatic rings. The Labute approximate surface area is 119 Å². The van der Waals surface area contributed by atoms with Gasteiger partial charge >= 0.3 is 0 Å². The lowest BCUT2D eigenvalue weighted by Crippen LogP contribution is -2.47. The Morgan fingerprint density at radius 2 is 2.00 bits per heavy atom. The van der Waals surface area contributed by atoms with E-state index in [-0.39, 0.29) is 28.6 Å². The molecule has 1 saturated carbocycles. The van der Waals surface area contributed by atoms with Crippen molar-refractivity contribution in [2.75, 3.05) is 0 Å². The van der Waals surface area contributed by atoms with E-state index in [4.69, 9.17) is 0 Å². The lowest BCUT2D eigenvalue weighted by molar-refractivity contribution is 0.0824. The average Bonchev–Trinajstić information content (AvgIpc) is 2.38. The molecule has 0 spiro atoms. The number of hydrogen-bond acceptors (Lipinski definition) is 3. The summed E-state index contributed by atoms with van der Waals surface area (Å²) in [6, 6.07) is 2.97. The second kappa shape index (κ2) is 5.77. The molecule has 0 aromatic carbocycles. The number of amides is 1. The van der Waals surface area contributed by atoms with Gasteiger partial charge in [-0.2, -0.15) is 5.10 Å². The maximum absolute atomic E-state index is 12.2.